The number of ether oxygens (including phenoxy) is 3. The van der Waals surface area contributed by atoms with Crippen LogP contribution in [0, 0.1) is 17.8 Å². The van der Waals surface area contributed by atoms with Gasteiger partial charge in [0, 0.05) is 6.07 Å². The van der Waals surface area contributed by atoms with E-state index < -0.39 is 15.3 Å². The Morgan fingerprint density at radius 1 is 0.960 bits per heavy atom. The molecule has 1 saturated heterocycles. The van der Waals surface area contributed by atoms with Crippen molar-refractivity contribution in [2.45, 2.75) is 51.4 Å². The van der Waals surface area contributed by atoms with Gasteiger partial charge >= 0.3 is 0 Å². The molecule has 1 aromatic carbocycles. The first kappa shape index (κ1) is 20.0. The van der Waals surface area contributed by atoms with Crippen LogP contribution in [0.3, 0.4) is 0 Å². The lowest BCUT2D eigenvalue weighted by Gasteiger charge is -2.43. The predicted octanol–water partition coefficient (Wildman–Crippen LogP) is 3.66. The van der Waals surface area contributed by atoms with Gasteiger partial charge in [0.1, 0.15) is 11.5 Å². The minimum absolute atomic E-state index is 0.0224. The number of benzene rings is 1. The summed E-state index contributed by atoms with van der Waals surface area (Å²) in [6, 6.07) is 5.20. The van der Waals surface area contributed by atoms with Gasteiger partial charge in [-0.1, -0.05) is 27.7 Å². The van der Waals surface area contributed by atoms with E-state index in [9.17, 15) is 8.42 Å². The molecule has 1 aliphatic rings. The van der Waals surface area contributed by atoms with E-state index in [-0.39, 0.29) is 17.8 Å². The summed E-state index contributed by atoms with van der Waals surface area (Å²) in [5.74, 6) is 1.66. The van der Waals surface area contributed by atoms with Gasteiger partial charge in [-0.25, -0.2) is 8.42 Å². The number of hydrogen-bond donors (Lipinski definition) is 0. The second-order valence-corrected chi connectivity index (χ2v) is 9.14. The molecule has 0 amide bonds. The van der Waals surface area contributed by atoms with E-state index >= 15 is 0 Å². The van der Waals surface area contributed by atoms with Crippen LogP contribution in [0.5, 0.6) is 11.5 Å². The highest BCUT2D eigenvalue weighted by molar-refractivity contribution is 7.91. The van der Waals surface area contributed by atoms with E-state index in [1.807, 2.05) is 13.8 Å². The zero-order chi connectivity index (χ0) is 18.8. The average Bonchev–Trinajstić information content (AvgIpc) is 2.58. The molecule has 5 nitrogen and oxygen atoms in total. The minimum Gasteiger partial charge on any atom is -0.497 e. The molecule has 0 spiro atoms. The topological polar surface area (TPSA) is 61.8 Å². The number of methoxy groups -OCH3 is 2. The third kappa shape index (κ3) is 4.29. The number of hydrogen-bond acceptors (Lipinski definition) is 5. The van der Waals surface area contributed by atoms with Crippen LogP contribution in [0.15, 0.2) is 18.2 Å². The summed E-state index contributed by atoms with van der Waals surface area (Å²) in [7, 11) is -0.368. The van der Waals surface area contributed by atoms with Crippen molar-refractivity contribution in [1.82, 2.24) is 0 Å². The molecule has 0 aromatic heterocycles. The maximum Gasteiger partial charge on any atom is 0.181 e. The molecule has 1 aromatic rings. The van der Waals surface area contributed by atoms with Crippen molar-refractivity contribution < 1.29 is 22.6 Å². The highest BCUT2D eigenvalue weighted by Gasteiger charge is 2.44. The molecule has 5 atom stereocenters. The molecule has 1 aliphatic heterocycles. The highest BCUT2D eigenvalue weighted by atomic mass is 32.2. The molecule has 1 fully saturated rings. The Morgan fingerprint density at radius 2 is 1.52 bits per heavy atom. The first-order valence-corrected chi connectivity index (χ1v) is 10.5. The van der Waals surface area contributed by atoms with Crippen LogP contribution in [0.25, 0.3) is 0 Å². The monoisotopic (exact) mass is 370 g/mol. The van der Waals surface area contributed by atoms with Crippen molar-refractivity contribution in [1.29, 1.82) is 0 Å². The molecule has 0 saturated carbocycles. The summed E-state index contributed by atoms with van der Waals surface area (Å²) in [5, 5.41) is 0. The Bertz CT molecular complexity index is 661. The molecule has 25 heavy (non-hydrogen) atoms. The van der Waals surface area contributed by atoms with E-state index in [1.54, 1.807) is 32.4 Å². The molecule has 5 unspecified atom stereocenters. The zero-order valence-corrected chi connectivity index (χ0v) is 16.8. The van der Waals surface area contributed by atoms with Crippen LogP contribution in [0.4, 0.5) is 0 Å². The van der Waals surface area contributed by atoms with Crippen molar-refractivity contribution in [3.63, 3.8) is 0 Å². The summed E-state index contributed by atoms with van der Waals surface area (Å²) in [5.41, 5.74) is -0.132. The standard InChI is InChI=1S/C19H30O5S/c1-7-18-13(3)12(2)14(4)19(24-18)25(20,21)11-15-8-16(22-5)10-17(9-15)23-6/h8-10,12-14,18-19H,7,11H2,1-6H3. The third-order valence-corrected chi connectivity index (χ3v) is 7.50. The molecule has 6 heteroatoms. The van der Waals surface area contributed by atoms with Crippen LogP contribution in [-0.2, 0) is 20.3 Å². The van der Waals surface area contributed by atoms with Gasteiger partial charge in [0.05, 0.1) is 26.1 Å². The SMILES string of the molecule is CCC1OC(S(=O)(=O)Cc2cc(OC)cc(OC)c2)C(C)C(C)C1C. The van der Waals surface area contributed by atoms with Gasteiger partial charge in [-0.3, -0.25) is 0 Å². The van der Waals surface area contributed by atoms with Crippen molar-refractivity contribution in [3.05, 3.63) is 23.8 Å². The maximum atomic E-state index is 13.1. The molecule has 142 valence electrons. The van der Waals surface area contributed by atoms with E-state index in [4.69, 9.17) is 14.2 Å². The van der Waals surface area contributed by atoms with Gasteiger partial charge in [-0.05, 0) is 41.9 Å². The van der Waals surface area contributed by atoms with Crippen LogP contribution in [0.1, 0.15) is 39.7 Å². The molecule has 0 radical (unpaired) electrons. The van der Waals surface area contributed by atoms with Crippen LogP contribution in [-0.4, -0.2) is 34.2 Å². The highest BCUT2D eigenvalue weighted by Crippen LogP contribution is 2.39. The average molecular weight is 371 g/mol. The Labute approximate surface area is 151 Å². The molecule has 2 rings (SSSR count). The number of rotatable bonds is 6. The Morgan fingerprint density at radius 3 is 2.00 bits per heavy atom. The summed E-state index contributed by atoms with van der Waals surface area (Å²) >= 11 is 0. The molecule has 1 heterocycles. The molecule has 0 aliphatic carbocycles. The van der Waals surface area contributed by atoms with E-state index in [1.165, 1.54) is 0 Å². The van der Waals surface area contributed by atoms with Gasteiger partial charge in [0.15, 0.2) is 15.3 Å². The van der Waals surface area contributed by atoms with Gasteiger partial charge < -0.3 is 14.2 Å². The first-order chi connectivity index (χ1) is 11.7. The molecular weight excluding hydrogens is 340 g/mol. The van der Waals surface area contributed by atoms with Crippen molar-refractivity contribution in [2.75, 3.05) is 14.2 Å². The van der Waals surface area contributed by atoms with Gasteiger partial charge in [0.25, 0.3) is 0 Å². The second kappa shape index (κ2) is 7.96. The normalized spacial score (nSPS) is 30.1. The zero-order valence-electron chi connectivity index (χ0n) is 16.0. The van der Waals surface area contributed by atoms with E-state index in [0.29, 0.717) is 28.9 Å². The second-order valence-electron chi connectivity index (χ2n) is 7.06. The lowest BCUT2D eigenvalue weighted by Crippen LogP contribution is -2.48. The fourth-order valence-corrected chi connectivity index (χ4v) is 5.64. The van der Waals surface area contributed by atoms with Crippen molar-refractivity contribution >= 4 is 9.84 Å². The number of sulfone groups is 1. The lowest BCUT2D eigenvalue weighted by molar-refractivity contribution is -0.0982. The van der Waals surface area contributed by atoms with Crippen molar-refractivity contribution in [2.24, 2.45) is 17.8 Å². The maximum absolute atomic E-state index is 13.1. The predicted molar refractivity (Wildman–Crippen MR) is 98.6 cm³/mol. The smallest absolute Gasteiger partial charge is 0.181 e. The molecule has 0 N–H and O–H groups in total. The Kier molecular flexibility index (Phi) is 6.38. The minimum atomic E-state index is -3.47. The fourth-order valence-electron chi connectivity index (χ4n) is 3.63. The molecular formula is C19H30O5S. The summed E-state index contributed by atoms with van der Waals surface area (Å²) in [6.07, 6.45) is 0.794. The third-order valence-electron chi connectivity index (χ3n) is 5.52. The van der Waals surface area contributed by atoms with Gasteiger partial charge in [-0.15, -0.1) is 0 Å². The van der Waals surface area contributed by atoms with Crippen LogP contribution in [0.2, 0.25) is 0 Å². The van der Waals surface area contributed by atoms with Crippen LogP contribution >= 0.6 is 0 Å². The van der Waals surface area contributed by atoms with Crippen molar-refractivity contribution in [3.8, 4) is 11.5 Å². The van der Waals surface area contributed by atoms with E-state index in [2.05, 4.69) is 13.8 Å². The largest absolute Gasteiger partial charge is 0.497 e. The Hall–Kier alpha value is -1.27. The van der Waals surface area contributed by atoms with Gasteiger partial charge in [-0.2, -0.15) is 0 Å². The summed E-state index contributed by atoms with van der Waals surface area (Å²) in [6.45, 7) is 8.28. The van der Waals surface area contributed by atoms with Crippen LogP contribution < -0.4 is 9.47 Å². The molecule has 0 bridgehead atoms. The summed E-state index contributed by atoms with van der Waals surface area (Å²) < 4.78 is 42.6. The summed E-state index contributed by atoms with van der Waals surface area (Å²) in [4.78, 5) is 0. The fraction of sp³-hybridized carbons (Fsp3) is 0.684. The lowest BCUT2D eigenvalue weighted by atomic mass is 9.79. The van der Waals surface area contributed by atoms with E-state index in [0.717, 1.165) is 6.42 Å². The Balaban J connectivity index is 2.29. The quantitative estimate of drug-likeness (QED) is 0.765. The first-order valence-electron chi connectivity index (χ1n) is 8.82. The van der Waals surface area contributed by atoms with Gasteiger partial charge in [0.2, 0.25) is 0 Å².